The molecule has 0 bridgehead atoms. The fourth-order valence-corrected chi connectivity index (χ4v) is 3.40. The zero-order valence-corrected chi connectivity index (χ0v) is 15.3. The first-order chi connectivity index (χ1) is 9.57. The lowest BCUT2D eigenvalue weighted by molar-refractivity contribution is -0.337. The van der Waals surface area contributed by atoms with E-state index < -0.39 is 29.9 Å². The van der Waals surface area contributed by atoms with Crippen LogP contribution in [-0.4, -0.2) is 24.0 Å². The van der Waals surface area contributed by atoms with Crippen LogP contribution in [0.15, 0.2) is 18.2 Å². The van der Waals surface area contributed by atoms with Crippen molar-refractivity contribution in [2.24, 2.45) is 5.92 Å². The molecule has 0 heterocycles. The number of benzene rings is 1. The van der Waals surface area contributed by atoms with E-state index in [1.807, 2.05) is 45.2 Å². The molecule has 1 rings (SSSR count). The van der Waals surface area contributed by atoms with Crippen LogP contribution in [0.2, 0.25) is 0 Å². The van der Waals surface area contributed by atoms with Gasteiger partial charge in [0.05, 0.1) is 5.56 Å². The molecule has 116 valence electrons. The molecule has 0 aliphatic rings. The molecule has 0 amide bonds. The van der Waals surface area contributed by atoms with Gasteiger partial charge in [0, 0.05) is 7.14 Å². The molecule has 1 atom stereocenters. The second-order valence-corrected chi connectivity index (χ2v) is 7.01. The van der Waals surface area contributed by atoms with Crippen LogP contribution in [0.1, 0.15) is 24.2 Å². The number of aliphatic carboxylic acids is 1. The summed E-state index contributed by atoms with van der Waals surface area (Å²) in [6, 6.07) is 4.75. The van der Waals surface area contributed by atoms with Crippen molar-refractivity contribution in [1.29, 1.82) is 0 Å². The van der Waals surface area contributed by atoms with Gasteiger partial charge in [-0.05, 0) is 69.3 Å². The molecule has 1 aromatic rings. The van der Waals surface area contributed by atoms with Gasteiger partial charge in [-0.25, -0.2) is 4.79 Å². The van der Waals surface area contributed by atoms with Crippen LogP contribution in [0.4, 0.5) is 8.78 Å². The van der Waals surface area contributed by atoms with Crippen LogP contribution in [0.25, 0.3) is 0 Å². The lowest BCUT2D eigenvalue weighted by Crippen LogP contribution is -2.53. The van der Waals surface area contributed by atoms with Crippen molar-refractivity contribution >= 4 is 57.1 Å². The zero-order chi connectivity index (χ0) is 16.4. The second kappa shape index (κ2) is 7.16. The maximum absolute atomic E-state index is 13.6. The number of rotatable bonds is 5. The summed E-state index contributed by atoms with van der Waals surface area (Å²) in [5.41, 5.74) is 0.107. The van der Waals surface area contributed by atoms with E-state index in [4.69, 9.17) is 4.74 Å². The highest BCUT2D eigenvalue weighted by molar-refractivity contribution is 14.1. The third-order valence-electron chi connectivity index (χ3n) is 2.62. The highest BCUT2D eigenvalue weighted by Gasteiger charge is 2.46. The Kier molecular flexibility index (Phi) is 6.32. The first-order valence-electron chi connectivity index (χ1n) is 5.82. The Balaban J connectivity index is 3.05. The van der Waals surface area contributed by atoms with Crippen LogP contribution < -0.4 is 5.11 Å². The van der Waals surface area contributed by atoms with Crippen molar-refractivity contribution in [1.82, 2.24) is 0 Å². The van der Waals surface area contributed by atoms with E-state index in [-0.39, 0.29) is 5.56 Å². The number of carboxylic acid groups (broad SMARTS) is 1. The number of carbonyl (C=O) groups is 2. The molecule has 0 fully saturated rings. The average molecular weight is 523 g/mol. The van der Waals surface area contributed by atoms with Gasteiger partial charge in [-0.3, -0.25) is 0 Å². The van der Waals surface area contributed by atoms with Crippen LogP contribution in [0.3, 0.4) is 0 Å². The molecule has 1 unspecified atom stereocenters. The first kappa shape index (κ1) is 18.5. The Morgan fingerprint density at radius 2 is 1.86 bits per heavy atom. The Labute approximate surface area is 147 Å². The summed E-state index contributed by atoms with van der Waals surface area (Å²) in [4.78, 5) is 22.5. The standard InChI is InChI=1S/C13H12F2I2O4/c1-6(2)10(13(14,15)12(19)20)21-11(18)8-4-3-7(16)5-9(8)17/h3-6,10H,1-2H3,(H,19,20)/p-1. The summed E-state index contributed by atoms with van der Waals surface area (Å²) in [5.74, 6) is -8.69. The van der Waals surface area contributed by atoms with E-state index >= 15 is 0 Å². The first-order valence-corrected chi connectivity index (χ1v) is 7.98. The third-order valence-corrected chi connectivity index (χ3v) is 4.18. The van der Waals surface area contributed by atoms with Gasteiger partial charge >= 0.3 is 11.9 Å². The number of halogens is 4. The lowest BCUT2D eigenvalue weighted by atomic mass is 10.0. The number of esters is 1. The molecule has 0 N–H and O–H groups in total. The van der Waals surface area contributed by atoms with Crippen LogP contribution in [0.5, 0.6) is 0 Å². The van der Waals surface area contributed by atoms with Crippen molar-refractivity contribution in [3.05, 3.63) is 30.9 Å². The largest absolute Gasteiger partial charge is 0.544 e. The van der Waals surface area contributed by atoms with Crippen molar-refractivity contribution < 1.29 is 28.2 Å². The smallest absolute Gasteiger partial charge is 0.339 e. The SMILES string of the molecule is CC(C)C(OC(=O)c1ccc(I)cc1I)C(F)(F)C(=O)[O-]. The topological polar surface area (TPSA) is 66.4 Å². The fraction of sp³-hybridized carbons (Fsp3) is 0.385. The summed E-state index contributed by atoms with van der Waals surface area (Å²) in [6.07, 6.45) is -2.09. The minimum atomic E-state index is -4.25. The summed E-state index contributed by atoms with van der Waals surface area (Å²) >= 11 is 3.92. The molecule has 1 aromatic carbocycles. The van der Waals surface area contributed by atoms with Gasteiger partial charge < -0.3 is 14.6 Å². The second-order valence-electron chi connectivity index (χ2n) is 4.60. The molecule has 8 heteroatoms. The van der Waals surface area contributed by atoms with Gasteiger partial charge in [0.2, 0.25) is 0 Å². The number of carbonyl (C=O) groups excluding carboxylic acids is 2. The normalized spacial score (nSPS) is 13.1. The highest BCUT2D eigenvalue weighted by atomic mass is 127. The molecule has 0 radical (unpaired) electrons. The Bertz CT molecular complexity index is 561. The molecule has 0 aromatic heterocycles. The number of hydrogen-bond donors (Lipinski definition) is 0. The minimum Gasteiger partial charge on any atom is -0.544 e. The zero-order valence-electron chi connectivity index (χ0n) is 11.0. The molecule has 0 aliphatic heterocycles. The quantitative estimate of drug-likeness (QED) is 0.440. The summed E-state index contributed by atoms with van der Waals surface area (Å²) in [5, 5.41) is 10.5. The monoisotopic (exact) mass is 523 g/mol. The highest BCUT2D eigenvalue weighted by Crippen LogP contribution is 2.28. The molecular weight excluding hydrogens is 512 g/mol. The van der Waals surface area contributed by atoms with Gasteiger partial charge in [-0.2, -0.15) is 8.78 Å². The molecule has 0 aliphatic carbocycles. The maximum atomic E-state index is 13.6. The van der Waals surface area contributed by atoms with Gasteiger partial charge in [-0.1, -0.05) is 13.8 Å². The lowest BCUT2D eigenvalue weighted by Gasteiger charge is -2.30. The number of carboxylic acids is 1. The average Bonchev–Trinajstić information content (AvgIpc) is 2.34. The molecule has 0 saturated carbocycles. The predicted molar refractivity (Wildman–Crippen MR) is 85.9 cm³/mol. The minimum absolute atomic E-state index is 0.107. The molecule has 0 saturated heterocycles. The Morgan fingerprint density at radius 1 is 1.29 bits per heavy atom. The number of hydrogen-bond acceptors (Lipinski definition) is 4. The fourth-order valence-electron chi connectivity index (χ4n) is 1.58. The van der Waals surface area contributed by atoms with Gasteiger partial charge in [-0.15, -0.1) is 0 Å². The van der Waals surface area contributed by atoms with Crippen molar-refractivity contribution in [2.75, 3.05) is 0 Å². The number of alkyl halides is 2. The van der Waals surface area contributed by atoms with E-state index in [0.29, 0.717) is 3.57 Å². The summed E-state index contributed by atoms with van der Waals surface area (Å²) < 4.78 is 33.2. The molecule has 0 spiro atoms. The number of ether oxygens (including phenoxy) is 1. The summed E-state index contributed by atoms with van der Waals surface area (Å²) in [7, 11) is 0. The van der Waals surface area contributed by atoms with E-state index in [1.165, 1.54) is 19.9 Å². The van der Waals surface area contributed by atoms with E-state index in [1.54, 1.807) is 12.1 Å². The van der Waals surface area contributed by atoms with Crippen molar-refractivity contribution in [3.63, 3.8) is 0 Å². The van der Waals surface area contributed by atoms with Crippen LogP contribution >= 0.6 is 45.2 Å². The predicted octanol–water partition coefficient (Wildman–Crippen LogP) is 2.46. The van der Waals surface area contributed by atoms with Gasteiger partial charge in [0.25, 0.3) is 0 Å². The van der Waals surface area contributed by atoms with E-state index in [2.05, 4.69) is 0 Å². The third kappa shape index (κ3) is 4.47. The van der Waals surface area contributed by atoms with E-state index in [0.717, 1.165) is 3.57 Å². The van der Waals surface area contributed by atoms with E-state index in [9.17, 15) is 23.5 Å². The van der Waals surface area contributed by atoms with Gasteiger partial charge in [0.15, 0.2) is 6.10 Å². The maximum Gasteiger partial charge on any atom is 0.339 e. The van der Waals surface area contributed by atoms with Crippen molar-refractivity contribution in [3.8, 4) is 0 Å². The van der Waals surface area contributed by atoms with Gasteiger partial charge in [0.1, 0.15) is 5.97 Å². The molecule has 4 nitrogen and oxygen atoms in total. The van der Waals surface area contributed by atoms with Crippen molar-refractivity contribution in [2.45, 2.75) is 25.9 Å². The molecule has 21 heavy (non-hydrogen) atoms. The Hall–Kier alpha value is -0.520. The summed E-state index contributed by atoms with van der Waals surface area (Å²) in [6.45, 7) is 2.68. The molecular formula is C13H11F2I2O4-. The van der Waals surface area contributed by atoms with Crippen LogP contribution in [-0.2, 0) is 9.53 Å². The Morgan fingerprint density at radius 3 is 2.29 bits per heavy atom. The van der Waals surface area contributed by atoms with Crippen LogP contribution in [0, 0.1) is 13.1 Å².